The lowest BCUT2D eigenvalue weighted by Crippen LogP contribution is -2.00. The number of aromatic nitrogens is 1. The number of hydrogen-bond donors (Lipinski definition) is 0. The molecule has 0 fully saturated rings. The maximum absolute atomic E-state index is 11.1. The highest BCUT2D eigenvalue weighted by atomic mass is 79.9. The van der Waals surface area contributed by atoms with Gasteiger partial charge in [0.25, 0.3) is 0 Å². The van der Waals surface area contributed by atoms with E-state index in [9.17, 15) is 4.79 Å². The molecule has 0 N–H and O–H groups in total. The molecule has 0 aliphatic carbocycles. The third kappa shape index (κ3) is 2.19. The molecule has 0 saturated heterocycles. The van der Waals surface area contributed by atoms with E-state index in [0.717, 1.165) is 0 Å². The monoisotopic (exact) mass is 267 g/mol. The maximum atomic E-state index is 11.1. The second-order valence-electron chi connectivity index (χ2n) is 2.05. The Balaban J connectivity index is 3.05. The minimum atomic E-state index is -0.0685. The Hall–Kier alpha value is -0.120. The van der Waals surface area contributed by atoms with E-state index in [4.69, 9.17) is 23.2 Å². The number of rotatable bonds is 2. The van der Waals surface area contributed by atoms with Gasteiger partial charge in [0.05, 0.1) is 10.4 Å². The van der Waals surface area contributed by atoms with Crippen molar-refractivity contribution < 1.29 is 4.79 Å². The normalized spacial score (nSPS) is 9.92. The molecule has 0 saturated carbocycles. The third-order valence-electron chi connectivity index (χ3n) is 1.24. The van der Waals surface area contributed by atoms with Crippen molar-refractivity contribution >= 4 is 44.9 Å². The van der Waals surface area contributed by atoms with Crippen molar-refractivity contribution in [3.63, 3.8) is 0 Å². The molecule has 0 spiro atoms. The first-order valence-corrected chi connectivity index (χ1v) is 4.93. The average molecular weight is 269 g/mol. The van der Waals surface area contributed by atoms with Crippen LogP contribution in [0.5, 0.6) is 0 Å². The fraction of sp³-hybridized carbons (Fsp3) is 0.143. The van der Waals surface area contributed by atoms with Crippen LogP contribution >= 0.6 is 39.1 Å². The number of carbonyl (C=O) groups excluding carboxylic acids is 1. The number of alkyl halides is 1. The van der Waals surface area contributed by atoms with Crippen molar-refractivity contribution in [2.24, 2.45) is 0 Å². The number of ketones is 1. The molecule has 0 atom stereocenters. The average Bonchev–Trinajstić information content (AvgIpc) is 2.08. The van der Waals surface area contributed by atoms with E-state index in [-0.39, 0.29) is 16.3 Å². The van der Waals surface area contributed by atoms with Crippen LogP contribution in [0.3, 0.4) is 0 Å². The molecule has 1 aromatic heterocycles. The van der Waals surface area contributed by atoms with Crippen molar-refractivity contribution in [2.75, 3.05) is 5.33 Å². The Labute approximate surface area is 88.0 Å². The van der Waals surface area contributed by atoms with Crippen molar-refractivity contribution in [1.29, 1.82) is 0 Å². The van der Waals surface area contributed by atoms with Gasteiger partial charge in [-0.25, -0.2) is 4.98 Å². The second kappa shape index (κ2) is 4.21. The van der Waals surface area contributed by atoms with Gasteiger partial charge in [-0.15, -0.1) is 0 Å². The molecular formula is C7H4BrCl2NO. The second-order valence-corrected chi connectivity index (χ2v) is 3.38. The number of halogens is 3. The Morgan fingerprint density at radius 2 is 2.25 bits per heavy atom. The zero-order valence-electron chi connectivity index (χ0n) is 5.85. The first kappa shape index (κ1) is 9.96. The molecular weight excluding hydrogens is 265 g/mol. The Kier molecular flexibility index (Phi) is 3.50. The van der Waals surface area contributed by atoms with Crippen LogP contribution in [0.4, 0.5) is 0 Å². The van der Waals surface area contributed by atoms with Gasteiger partial charge in [0, 0.05) is 11.8 Å². The molecule has 0 amide bonds. The smallest absolute Gasteiger partial charge is 0.174 e. The summed E-state index contributed by atoms with van der Waals surface area (Å²) >= 11 is 14.3. The summed E-state index contributed by atoms with van der Waals surface area (Å²) < 4.78 is 0. The van der Waals surface area contributed by atoms with Crippen molar-refractivity contribution in [3.8, 4) is 0 Å². The van der Waals surface area contributed by atoms with Crippen molar-refractivity contribution in [3.05, 3.63) is 28.0 Å². The highest BCUT2D eigenvalue weighted by Gasteiger charge is 2.06. The van der Waals surface area contributed by atoms with Gasteiger partial charge < -0.3 is 0 Å². The van der Waals surface area contributed by atoms with Gasteiger partial charge in [-0.2, -0.15) is 0 Å². The van der Waals surface area contributed by atoms with Gasteiger partial charge in [-0.3, -0.25) is 4.79 Å². The van der Waals surface area contributed by atoms with Crippen LogP contribution in [0.15, 0.2) is 12.3 Å². The summed E-state index contributed by atoms with van der Waals surface area (Å²) in [5.74, 6) is -0.0685. The van der Waals surface area contributed by atoms with Crippen LogP contribution < -0.4 is 0 Å². The number of hydrogen-bond acceptors (Lipinski definition) is 2. The van der Waals surface area contributed by atoms with Crippen LogP contribution in [0.25, 0.3) is 0 Å². The number of nitrogens with zero attached hydrogens (tertiary/aromatic N) is 1. The fourth-order valence-corrected chi connectivity index (χ4v) is 1.24. The summed E-state index contributed by atoms with van der Waals surface area (Å²) in [4.78, 5) is 14.8. The summed E-state index contributed by atoms with van der Waals surface area (Å²) in [6, 6.07) is 1.50. The molecule has 0 bridgehead atoms. The summed E-state index contributed by atoms with van der Waals surface area (Å²) in [6.45, 7) is 0. The van der Waals surface area contributed by atoms with Crippen LogP contribution in [-0.4, -0.2) is 16.1 Å². The summed E-state index contributed by atoms with van der Waals surface area (Å²) in [5, 5.41) is 0.762. The van der Waals surface area contributed by atoms with Gasteiger partial charge in [0.1, 0.15) is 5.15 Å². The largest absolute Gasteiger partial charge is 0.293 e. The van der Waals surface area contributed by atoms with Gasteiger partial charge in [-0.1, -0.05) is 39.1 Å². The van der Waals surface area contributed by atoms with E-state index >= 15 is 0 Å². The molecule has 0 aromatic carbocycles. The first-order chi connectivity index (χ1) is 5.65. The number of Topliss-reactive ketones (excluding diaryl/α,β-unsaturated/α-hetero) is 1. The lowest BCUT2D eigenvalue weighted by Gasteiger charge is -1.97. The summed E-state index contributed by atoms with van der Waals surface area (Å²) in [5.41, 5.74) is 0.460. The zero-order chi connectivity index (χ0) is 9.14. The highest BCUT2D eigenvalue weighted by molar-refractivity contribution is 9.09. The molecule has 0 aliphatic rings. The van der Waals surface area contributed by atoms with Gasteiger partial charge >= 0.3 is 0 Å². The lowest BCUT2D eigenvalue weighted by molar-refractivity contribution is 0.102. The maximum Gasteiger partial charge on any atom is 0.174 e. The van der Waals surface area contributed by atoms with Crippen LogP contribution in [0.1, 0.15) is 10.4 Å². The lowest BCUT2D eigenvalue weighted by atomic mass is 10.2. The van der Waals surface area contributed by atoms with E-state index in [2.05, 4.69) is 20.9 Å². The molecule has 5 heteroatoms. The van der Waals surface area contributed by atoms with Crippen molar-refractivity contribution in [2.45, 2.75) is 0 Å². The fourth-order valence-electron chi connectivity index (χ4n) is 0.651. The van der Waals surface area contributed by atoms with Crippen molar-refractivity contribution in [1.82, 2.24) is 4.98 Å². The van der Waals surface area contributed by atoms with E-state index < -0.39 is 0 Å². The number of carbonyl (C=O) groups is 1. The van der Waals surface area contributed by atoms with E-state index in [1.165, 1.54) is 12.3 Å². The van der Waals surface area contributed by atoms with Gasteiger partial charge in [-0.05, 0) is 6.07 Å². The van der Waals surface area contributed by atoms with E-state index in [0.29, 0.717) is 10.6 Å². The van der Waals surface area contributed by atoms with Crippen LogP contribution in [-0.2, 0) is 0 Å². The zero-order valence-corrected chi connectivity index (χ0v) is 8.95. The molecule has 64 valence electrons. The first-order valence-electron chi connectivity index (χ1n) is 3.05. The minimum absolute atomic E-state index is 0.0685. The number of pyridine rings is 1. The molecule has 0 aliphatic heterocycles. The summed E-state index contributed by atoms with van der Waals surface area (Å²) in [7, 11) is 0. The predicted molar refractivity (Wildman–Crippen MR) is 52.4 cm³/mol. The standard InChI is InChI=1S/C7H4BrCl2NO/c8-2-6(12)4-1-5(9)7(10)11-3-4/h1,3H,2H2. The molecule has 1 heterocycles. The molecule has 0 radical (unpaired) electrons. The molecule has 1 aromatic rings. The predicted octanol–water partition coefficient (Wildman–Crippen LogP) is 2.97. The molecule has 1 rings (SSSR count). The summed E-state index contributed by atoms with van der Waals surface area (Å²) in [6.07, 6.45) is 1.40. The molecule has 2 nitrogen and oxygen atoms in total. The third-order valence-corrected chi connectivity index (χ3v) is 2.43. The Morgan fingerprint density at radius 3 is 2.75 bits per heavy atom. The van der Waals surface area contributed by atoms with Crippen LogP contribution in [0.2, 0.25) is 10.2 Å². The highest BCUT2D eigenvalue weighted by Crippen LogP contribution is 2.19. The van der Waals surface area contributed by atoms with Gasteiger partial charge in [0.15, 0.2) is 5.78 Å². The molecule has 0 unspecified atom stereocenters. The Bertz CT molecular complexity index is 316. The Morgan fingerprint density at radius 1 is 1.58 bits per heavy atom. The van der Waals surface area contributed by atoms with Crippen LogP contribution in [0, 0.1) is 0 Å². The quantitative estimate of drug-likeness (QED) is 0.469. The van der Waals surface area contributed by atoms with E-state index in [1.54, 1.807) is 0 Å². The topological polar surface area (TPSA) is 30.0 Å². The minimum Gasteiger partial charge on any atom is -0.293 e. The van der Waals surface area contributed by atoms with E-state index in [1.807, 2.05) is 0 Å². The molecule has 12 heavy (non-hydrogen) atoms. The van der Waals surface area contributed by atoms with Gasteiger partial charge in [0.2, 0.25) is 0 Å². The SMILES string of the molecule is O=C(CBr)c1cnc(Cl)c(Cl)c1.